The molecule has 0 radical (unpaired) electrons. The molecule has 6 heteroatoms. The third-order valence-electron chi connectivity index (χ3n) is 5.74. The molecule has 3 unspecified atom stereocenters. The largest absolute Gasteiger partial charge is 0.457 e. The molecule has 1 aliphatic heterocycles. The van der Waals surface area contributed by atoms with Crippen molar-refractivity contribution in [1.29, 1.82) is 0 Å². The average molecular weight is 392 g/mol. The molecule has 0 aromatic heterocycles. The Morgan fingerprint density at radius 3 is 2.07 bits per heavy atom. The number of hydrogen-bond acceptors (Lipinski definition) is 4. The number of hydrogen-bond donors (Lipinski definition) is 1. The second-order valence-corrected chi connectivity index (χ2v) is 7.65. The number of likely N-dealkylation sites (tertiary alicyclic amines) is 1. The van der Waals surface area contributed by atoms with Gasteiger partial charge in [-0.1, -0.05) is 31.0 Å². The highest BCUT2D eigenvalue weighted by Crippen LogP contribution is 2.39. The van der Waals surface area contributed by atoms with E-state index in [0.717, 1.165) is 31.4 Å². The van der Waals surface area contributed by atoms with Crippen LogP contribution in [-0.4, -0.2) is 28.7 Å². The van der Waals surface area contributed by atoms with Gasteiger partial charge < -0.3 is 10.1 Å². The summed E-state index contributed by atoms with van der Waals surface area (Å²) in [6.45, 7) is 1.61. The molecule has 29 heavy (non-hydrogen) atoms. The van der Waals surface area contributed by atoms with Crippen LogP contribution in [0.2, 0.25) is 0 Å². The summed E-state index contributed by atoms with van der Waals surface area (Å²) in [5.74, 6) is 0.105. The van der Waals surface area contributed by atoms with Crippen molar-refractivity contribution in [2.45, 2.75) is 38.6 Å². The Bertz CT molecular complexity index is 886. The predicted molar refractivity (Wildman–Crippen MR) is 108 cm³/mol. The number of carbonyl (C=O) groups is 3. The Morgan fingerprint density at radius 1 is 0.931 bits per heavy atom. The highest BCUT2D eigenvalue weighted by Gasteiger charge is 2.50. The lowest BCUT2D eigenvalue weighted by molar-refractivity contribution is -0.146. The van der Waals surface area contributed by atoms with E-state index in [2.05, 4.69) is 5.32 Å². The number of carbonyl (C=O) groups excluding carboxylic acids is 3. The second-order valence-electron chi connectivity index (χ2n) is 7.65. The van der Waals surface area contributed by atoms with Crippen molar-refractivity contribution in [3.05, 3.63) is 54.6 Å². The molecule has 2 aliphatic rings. The highest BCUT2D eigenvalue weighted by atomic mass is 16.5. The molecule has 2 aromatic carbocycles. The van der Waals surface area contributed by atoms with Crippen LogP contribution >= 0.6 is 0 Å². The third kappa shape index (κ3) is 3.88. The van der Waals surface area contributed by atoms with Gasteiger partial charge in [-0.15, -0.1) is 0 Å². The first-order valence-corrected chi connectivity index (χ1v) is 10.1. The SMILES string of the molecule is CC(C(=O)Nc1ccc(Oc2ccccc2)cc1)N1C(=O)C2CCCCC2C1=O. The van der Waals surface area contributed by atoms with Gasteiger partial charge in [-0.2, -0.15) is 0 Å². The lowest BCUT2D eigenvalue weighted by Crippen LogP contribution is -2.46. The van der Waals surface area contributed by atoms with Crippen LogP contribution < -0.4 is 10.1 Å². The second kappa shape index (κ2) is 8.07. The molecule has 3 amide bonds. The smallest absolute Gasteiger partial charge is 0.247 e. The van der Waals surface area contributed by atoms with E-state index < -0.39 is 6.04 Å². The summed E-state index contributed by atoms with van der Waals surface area (Å²) in [7, 11) is 0. The number of ether oxygens (including phenoxy) is 1. The van der Waals surface area contributed by atoms with Crippen LogP contribution in [0.15, 0.2) is 54.6 Å². The van der Waals surface area contributed by atoms with E-state index in [1.54, 1.807) is 31.2 Å². The van der Waals surface area contributed by atoms with Crippen LogP contribution in [0.3, 0.4) is 0 Å². The summed E-state index contributed by atoms with van der Waals surface area (Å²) in [6.07, 6.45) is 3.41. The first-order valence-electron chi connectivity index (χ1n) is 10.1. The molecule has 1 saturated carbocycles. The Morgan fingerprint density at radius 2 is 1.48 bits per heavy atom. The van der Waals surface area contributed by atoms with Crippen molar-refractivity contribution < 1.29 is 19.1 Å². The van der Waals surface area contributed by atoms with E-state index in [1.165, 1.54) is 4.90 Å². The number of benzene rings is 2. The molecule has 0 spiro atoms. The number of fused-ring (bicyclic) bond motifs is 1. The van der Waals surface area contributed by atoms with Gasteiger partial charge >= 0.3 is 0 Å². The normalized spacial score (nSPS) is 22.2. The zero-order valence-electron chi connectivity index (χ0n) is 16.3. The number of nitrogens with one attached hydrogen (secondary N) is 1. The van der Waals surface area contributed by atoms with Crippen molar-refractivity contribution >= 4 is 23.4 Å². The summed E-state index contributed by atoms with van der Waals surface area (Å²) in [4.78, 5) is 39.2. The van der Waals surface area contributed by atoms with Gasteiger partial charge in [0.25, 0.3) is 0 Å². The van der Waals surface area contributed by atoms with E-state index in [-0.39, 0.29) is 29.6 Å². The van der Waals surface area contributed by atoms with Crippen LogP contribution in [0.5, 0.6) is 11.5 Å². The summed E-state index contributed by atoms with van der Waals surface area (Å²) >= 11 is 0. The van der Waals surface area contributed by atoms with Crippen LogP contribution in [0.1, 0.15) is 32.6 Å². The van der Waals surface area contributed by atoms with Gasteiger partial charge in [-0.05, 0) is 56.2 Å². The molecule has 3 atom stereocenters. The maximum atomic E-state index is 12.7. The van der Waals surface area contributed by atoms with Gasteiger partial charge in [0.2, 0.25) is 17.7 Å². The standard InChI is InChI=1S/C23H24N2O4/c1-15(25-22(27)19-9-5-6-10-20(19)23(25)28)21(26)24-16-11-13-18(14-12-16)29-17-7-3-2-4-8-17/h2-4,7-8,11-15,19-20H,5-6,9-10H2,1H3,(H,24,26). The van der Waals surface area contributed by atoms with E-state index in [1.807, 2.05) is 30.3 Å². The first kappa shape index (κ1) is 19.2. The lowest BCUT2D eigenvalue weighted by Gasteiger charge is -2.22. The van der Waals surface area contributed by atoms with Crippen molar-refractivity contribution in [2.75, 3.05) is 5.32 Å². The predicted octanol–water partition coefficient (Wildman–Crippen LogP) is 3.98. The maximum Gasteiger partial charge on any atom is 0.247 e. The summed E-state index contributed by atoms with van der Waals surface area (Å²) in [5, 5.41) is 2.79. The van der Waals surface area contributed by atoms with E-state index in [0.29, 0.717) is 11.4 Å². The Labute approximate surface area is 169 Å². The Hall–Kier alpha value is -3.15. The topological polar surface area (TPSA) is 75.7 Å². The number of amides is 3. The van der Waals surface area contributed by atoms with Crippen LogP contribution in [-0.2, 0) is 14.4 Å². The number of nitrogens with zero attached hydrogens (tertiary/aromatic N) is 1. The molecule has 150 valence electrons. The van der Waals surface area contributed by atoms with Gasteiger partial charge in [-0.25, -0.2) is 0 Å². The van der Waals surface area contributed by atoms with Crippen molar-refractivity contribution in [3.8, 4) is 11.5 Å². The van der Waals surface area contributed by atoms with Crippen molar-refractivity contribution in [3.63, 3.8) is 0 Å². The van der Waals surface area contributed by atoms with E-state index in [9.17, 15) is 14.4 Å². The van der Waals surface area contributed by atoms with Crippen LogP contribution in [0.25, 0.3) is 0 Å². The monoisotopic (exact) mass is 392 g/mol. The molecule has 1 aliphatic carbocycles. The van der Waals surface area contributed by atoms with Gasteiger partial charge in [0.1, 0.15) is 17.5 Å². The molecular formula is C23H24N2O4. The van der Waals surface area contributed by atoms with Crippen LogP contribution in [0.4, 0.5) is 5.69 Å². The summed E-state index contributed by atoms with van der Waals surface area (Å²) in [6, 6.07) is 15.6. The number of anilines is 1. The van der Waals surface area contributed by atoms with E-state index >= 15 is 0 Å². The zero-order valence-corrected chi connectivity index (χ0v) is 16.3. The first-order chi connectivity index (χ1) is 14.0. The minimum atomic E-state index is -0.833. The minimum absolute atomic E-state index is 0.200. The van der Waals surface area contributed by atoms with Crippen molar-refractivity contribution in [1.82, 2.24) is 4.90 Å². The minimum Gasteiger partial charge on any atom is -0.457 e. The highest BCUT2D eigenvalue weighted by molar-refractivity contribution is 6.09. The number of rotatable bonds is 5. The fourth-order valence-electron chi connectivity index (χ4n) is 4.16. The lowest BCUT2D eigenvalue weighted by atomic mass is 9.81. The van der Waals surface area contributed by atoms with Gasteiger partial charge in [0.05, 0.1) is 11.8 Å². The third-order valence-corrected chi connectivity index (χ3v) is 5.74. The summed E-state index contributed by atoms with van der Waals surface area (Å²) in [5.41, 5.74) is 0.582. The van der Waals surface area contributed by atoms with Crippen molar-refractivity contribution in [2.24, 2.45) is 11.8 Å². The summed E-state index contributed by atoms with van der Waals surface area (Å²) < 4.78 is 5.74. The fraction of sp³-hybridized carbons (Fsp3) is 0.348. The molecule has 1 saturated heterocycles. The van der Waals surface area contributed by atoms with Gasteiger partial charge in [0.15, 0.2) is 0 Å². The van der Waals surface area contributed by atoms with Gasteiger partial charge in [0, 0.05) is 5.69 Å². The molecule has 6 nitrogen and oxygen atoms in total. The van der Waals surface area contributed by atoms with E-state index in [4.69, 9.17) is 4.74 Å². The van der Waals surface area contributed by atoms with Gasteiger partial charge in [-0.3, -0.25) is 19.3 Å². The molecule has 4 rings (SSSR count). The fourth-order valence-corrected chi connectivity index (χ4v) is 4.16. The number of imide groups is 1. The zero-order chi connectivity index (χ0) is 20.4. The Balaban J connectivity index is 1.40. The molecule has 1 N–H and O–H groups in total. The maximum absolute atomic E-state index is 12.7. The molecular weight excluding hydrogens is 368 g/mol. The number of para-hydroxylation sites is 1. The molecule has 2 fully saturated rings. The molecule has 2 aromatic rings. The Kier molecular flexibility index (Phi) is 5.34. The molecule has 1 heterocycles. The average Bonchev–Trinajstić information content (AvgIpc) is 3.00. The van der Waals surface area contributed by atoms with Crippen LogP contribution in [0, 0.1) is 11.8 Å². The molecule has 0 bridgehead atoms. The quantitative estimate of drug-likeness (QED) is 0.781.